The van der Waals surface area contributed by atoms with Crippen molar-refractivity contribution in [3.63, 3.8) is 0 Å². The van der Waals surface area contributed by atoms with E-state index in [9.17, 15) is 4.79 Å². The van der Waals surface area contributed by atoms with E-state index in [2.05, 4.69) is 22.9 Å². The second-order valence-corrected chi connectivity index (χ2v) is 8.72. The molecule has 6 heteroatoms. The average molecular weight is 410 g/mol. The third-order valence-corrected chi connectivity index (χ3v) is 6.97. The van der Waals surface area contributed by atoms with Crippen LogP contribution in [0.5, 0.6) is 11.5 Å². The number of hydrogen-bond acceptors (Lipinski definition) is 5. The molecule has 2 aromatic heterocycles. The lowest BCUT2D eigenvalue weighted by molar-refractivity contribution is -0.127. The smallest absolute Gasteiger partial charge is 0.247 e. The Hall–Kier alpha value is -2.57. The highest BCUT2D eigenvalue weighted by molar-refractivity contribution is 7.10. The van der Waals surface area contributed by atoms with Gasteiger partial charge in [-0.25, -0.2) is 0 Å². The maximum atomic E-state index is 13.1. The lowest BCUT2D eigenvalue weighted by atomic mass is 9.98. The Kier molecular flexibility index (Phi) is 4.66. The summed E-state index contributed by atoms with van der Waals surface area (Å²) in [6.07, 6.45) is 4.44. The van der Waals surface area contributed by atoms with Gasteiger partial charge in [0.15, 0.2) is 11.5 Å². The first-order valence-electron chi connectivity index (χ1n) is 9.27. The number of hydrogen-bond donors (Lipinski definition) is 0. The van der Waals surface area contributed by atoms with Crippen LogP contribution in [0.15, 0.2) is 53.2 Å². The molecule has 0 saturated heterocycles. The summed E-state index contributed by atoms with van der Waals surface area (Å²) in [5.74, 6) is 1.52. The summed E-state index contributed by atoms with van der Waals surface area (Å²) in [6, 6.07) is 12.1. The SMILES string of the molecule is O=C(/C=C/c1ccc2c(c1)OCCO2)N1CCc2sccc2C1c1cccs1. The van der Waals surface area contributed by atoms with Crippen LogP contribution >= 0.6 is 22.7 Å². The van der Waals surface area contributed by atoms with Crippen molar-refractivity contribution in [3.05, 3.63) is 74.1 Å². The van der Waals surface area contributed by atoms with Crippen LogP contribution in [-0.2, 0) is 11.2 Å². The molecular weight excluding hydrogens is 390 g/mol. The van der Waals surface area contributed by atoms with Gasteiger partial charge >= 0.3 is 0 Å². The van der Waals surface area contributed by atoms with Gasteiger partial charge in [-0.3, -0.25) is 4.79 Å². The summed E-state index contributed by atoms with van der Waals surface area (Å²) in [6.45, 7) is 1.86. The fourth-order valence-corrected chi connectivity index (χ4v) is 5.49. The first-order valence-corrected chi connectivity index (χ1v) is 11.0. The molecule has 2 aliphatic heterocycles. The molecule has 0 spiro atoms. The summed E-state index contributed by atoms with van der Waals surface area (Å²) in [4.78, 5) is 17.7. The molecule has 0 aliphatic carbocycles. The van der Waals surface area contributed by atoms with Gasteiger partial charge in [-0.05, 0) is 58.6 Å². The minimum absolute atomic E-state index is 0.00687. The zero-order chi connectivity index (χ0) is 18.9. The molecule has 1 amide bonds. The van der Waals surface area contributed by atoms with Crippen molar-refractivity contribution >= 4 is 34.7 Å². The van der Waals surface area contributed by atoms with E-state index >= 15 is 0 Å². The van der Waals surface area contributed by atoms with Crippen LogP contribution in [0.4, 0.5) is 0 Å². The molecule has 0 N–H and O–H groups in total. The first-order chi connectivity index (χ1) is 13.8. The zero-order valence-corrected chi connectivity index (χ0v) is 16.8. The van der Waals surface area contributed by atoms with Gasteiger partial charge in [0.2, 0.25) is 5.91 Å². The van der Waals surface area contributed by atoms with Gasteiger partial charge in [-0.1, -0.05) is 12.1 Å². The number of amides is 1. The number of fused-ring (bicyclic) bond motifs is 2. The minimum Gasteiger partial charge on any atom is -0.486 e. The molecule has 1 unspecified atom stereocenters. The van der Waals surface area contributed by atoms with Crippen LogP contribution in [0, 0.1) is 0 Å². The Bertz CT molecular complexity index is 1020. The van der Waals surface area contributed by atoms with Crippen LogP contribution in [0.2, 0.25) is 0 Å². The van der Waals surface area contributed by atoms with Crippen molar-refractivity contribution in [3.8, 4) is 11.5 Å². The average Bonchev–Trinajstić information content (AvgIpc) is 3.43. The van der Waals surface area contributed by atoms with Gasteiger partial charge in [0.05, 0.1) is 6.04 Å². The molecule has 28 heavy (non-hydrogen) atoms. The predicted octanol–water partition coefficient (Wildman–Crippen LogP) is 4.77. The van der Waals surface area contributed by atoms with E-state index in [-0.39, 0.29) is 11.9 Å². The number of benzene rings is 1. The van der Waals surface area contributed by atoms with Gasteiger partial charge in [-0.2, -0.15) is 0 Å². The summed E-state index contributed by atoms with van der Waals surface area (Å²) in [5.41, 5.74) is 2.19. The molecule has 0 radical (unpaired) electrons. The second-order valence-electron chi connectivity index (χ2n) is 6.74. The molecule has 0 saturated carbocycles. The molecule has 5 rings (SSSR count). The van der Waals surface area contributed by atoms with Crippen LogP contribution in [0.25, 0.3) is 6.08 Å². The van der Waals surface area contributed by atoms with Crippen molar-refractivity contribution in [2.24, 2.45) is 0 Å². The standard InChI is InChI=1S/C22H19NO3S2/c24-21(6-4-15-3-5-17-18(14-15)26-11-10-25-17)23-9-7-19-16(8-13-28-19)22(23)20-2-1-12-27-20/h1-6,8,12-14,22H,7,9-11H2/b6-4+. The van der Waals surface area contributed by atoms with Crippen molar-refractivity contribution in [2.75, 3.05) is 19.8 Å². The maximum absolute atomic E-state index is 13.1. The topological polar surface area (TPSA) is 38.8 Å². The van der Waals surface area contributed by atoms with Gasteiger partial charge < -0.3 is 14.4 Å². The van der Waals surface area contributed by atoms with Crippen LogP contribution < -0.4 is 9.47 Å². The maximum Gasteiger partial charge on any atom is 0.247 e. The molecule has 0 fully saturated rings. The molecule has 1 aromatic carbocycles. The van der Waals surface area contributed by atoms with Crippen LogP contribution in [-0.4, -0.2) is 30.6 Å². The lowest BCUT2D eigenvalue weighted by Gasteiger charge is -2.34. The fourth-order valence-electron chi connectivity index (χ4n) is 3.73. The summed E-state index contributed by atoms with van der Waals surface area (Å²) >= 11 is 3.49. The van der Waals surface area contributed by atoms with Crippen molar-refractivity contribution in [1.29, 1.82) is 0 Å². The number of ether oxygens (including phenoxy) is 2. The largest absolute Gasteiger partial charge is 0.486 e. The number of thiophene rings is 2. The Morgan fingerprint density at radius 2 is 1.96 bits per heavy atom. The molecule has 3 aromatic rings. The van der Waals surface area contributed by atoms with E-state index < -0.39 is 0 Å². The monoisotopic (exact) mass is 409 g/mol. The van der Waals surface area contributed by atoms with E-state index in [1.165, 1.54) is 15.3 Å². The van der Waals surface area contributed by atoms with Crippen LogP contribution in [0.3, 0.4) is 0 Å². The van der Waals surface area contributed by atoms with Gasteiger partial charge in [0.1, 0.15) is 13.2 Å². The Morgan fingerprint density at radius 1 is 1.07 bits per heavy atom. The molecule has 2 aliphatic rings. The van der Waals surface area contributed by atoms with Crippen molar-refractivity contribution < 1.29 is 14.3 Å². The van der Waals surface area contributed by atoms with E-state index in [4.69, 9.17) is 9.47 Å². The molecule has 142 valence electrons. The van der Waals surface area contributed by atoms with Crippen LogP contribution in [0.1, 0.15) is 26.9 Å². The van der Waals surface area contributed by atoms with Crippen molar-refractivity contribution in [1.82, 2.24) is 4.90 Å². The quantitative estimate of drug-likeness (QED) is 0.585. The highest BCUT2D eigenvalue weighted by Crippen LogP contribution is 2.39. The molecule has 4 nitrogen and oxygen atoms in total. The van der Waals surface area contributed by atoms with E-state index in [0.717, 1.165) is 30.0 Å². The Morgan fingerprint density at radius 3 is 2.82 bits per heavy atom. The lowest BCUT2D eigenvalue weighted by Crippen LogP contribution is -2.38. The van der Waals surface area contributed by atoms with E-state index in [0.29, 0.717) is 13.2 Å². The first kappa shape index (κ1) is 17.5. The van der Waals surface area contributed by atoms with Gasteiger partial charge in [-0.15, -0.1) is 22.7 Å². The highest BCUT2D eigenvalue weighted by Gasteiger charge is 2.32. The number of carbonyl (C=O) groups excluding carboxylic acids is 1. The Labute approximate surface area is 171 Å². The summed E-state index contributed by atoms with van der Waals surface area (Å²) in [7, 11) is 0. The fraction of sp³-hybridized carbons (Fsp3) is 0.227. The molecule has 4 heterocycles. The van der Waals surface area contributed by atoms with E-state index in [1.54, 1.807) is 28.7 Å². The molecule has 0 bridgehead atoms. The Balaban J connectivity index is 1.40. The van der Waals surface area contributed by atoms with Gasteiger partial charge in [0.25, 0.3) is 0 Å². The molecule has 1 atom stereocenters. The van der Waals surface area contributed by atoms with Gasteiger partial charge in [0, 0.05) is 22.4 Å². The zero-order valence-electron chi connectivity index (χ0n) is 15.2. The second kappa shape index (κ2) is 7.45. The highest BCUT2D eigenvalue weighted by atomic mass is 32.1. The van der Waals surface area contributed by atoms with E-state index in [1.807, 2.05) is 35.2 Å². The number of nitrogens with zero attached hydrogens (tertiary/aromatic N) is 1. The third kappa shape index (κ3) is 3.23. The number of carbonyl (C=O) groups is 1. The third-order valence-electron chi connectivity index (χ3n) is 5.05. The normalized spacial score (nSPS) is 18.3. The number of rotatable bonds is 3. The summed E-state index contributed by atoms with van der Waals surface area (Å²) < 4.78 is 11.2. The predicted molar refractivity (Wildman–Crippen MR) is 112 cm³/mol. The van der Waals surface area contributed by atoms with Crippen molar-refractivity contribution in [2.45, 2.75) is 12.5 Å². The molecular formula is C22H19NO3S2. The summed E-state index contributed by atoms with van der Waals surface area (Å²) in [5, 5.41) is 4.20. The minimum atomic E-state index is 0.00687.